The van der Waals surface area contributed by atoms with Crippen molar-refractivity contribution in [2.24, 2.45) is 5.73 Å². The van der Waals surface area contributed by atoms with Crippen LogP contribution in [0.25, 0.3) is 0 Å². The highest BCUT2D eigenvalue weighted by Gasteiger charge is 2.28. The van der Waals surface area contributed by atoms with E-state index in [4.69, 9.17) is 28.9 Å². The van der Waals surface area contributed by atoms with Gasteiger partial charge in [0.1, 0.15) is 5.75 Å². The summed E-state index contributed by atoms with van der Waals surface area (Å²) >= 11 is 12.2. The Morgan fingerprint density at radius 1 is 1.47 bits per heavy atom. The molecule has 1 aromatic carbocycles. The third kappa shape index (κ3) is 3.32. The molecule has 1 amide bonds. The summed E-state index contributed by atoms with van der Waals surface area (Å²) in [5, 5.41) is 14.1. The fraction of sp³-hybridized carbons (Fsp3) is 0.462. The minimum atomic E-state index is -0.334. The Morgan fingerprint density at radius 2 is 2.21 bits per heavy atom. The maximum Gasteiger partial charge on any atom is 0.218 e. The zero-order valence-corrected chi connectivity index (χ0v) is 11.8. The molecule has 2 rings (SSSR count). The van der Waals surface area contributed by atoms with Gasteiger partial charge in [-0.15, -0.1) is 0 Å². The van der Waals surface area contributed by atoms with E-state index in [0.717, 1.165) is 13.0 Å². The van der Waals surface area contributed by atoms with Crippen LogP contribution in [0.3, 0.4) is 0 Å². The van der Waals surface area contributed by atoms with Gasteiger partial charge in [0, 0.05) is 18.0 Å². The lowest BCUT2D eigenvalue weighted by Crippen LogP contribution is -2.40. The van der Waals surface area contributed by atoms with Gasteiger partial charge in [-0.05, 0) is 37.4 Å². The van der Waals surface area contributed by atoms with E-state index in [1.807, 2.05) is 0 Å². The van der Waals surface area contributed by atoms with Crippen LogP contribution in [0.5, 0.6) is 5.75 Å². The molecule has 19 heavy (non-hydrogen) atoms. The van der Waals surface area contributed by atoms with Gasteiger partial charge in [0.2, 0.25) is 5.91 Å². The molecule has 0 spiro atoms. The van der Waals surface area contributed by atoms with E-state index in [1.165, 1.54) is 0 Å². The molecule has 6 heteroatoms. The number of nitrogens with one attached hydrogen (secondary N) is 1. The van der Waals surface area contributed by atoms with Gasteiger partial charge in [-0.1, -0.05) is 23.2 Å². The summed E-state index contributed by atoms with van der Waals surface area (Å²) in [6.45, 7) is 0.755. The molecule has 0 saturated carbocycles. The van der Waals surface area contributed by atoms with Crippen molar-refractivity contribution in [2.45, 2.75) is 31.2 Å². The van der Waals surface area contributed by atoms with Crippen molar-refractivity contribution in [1.29, 1.82) is 0 Å². The Balaban J connectivity index is 2.22. The minimum absolute atomic E-state index is 0.0192. The molecule has 0 unspecified atom stereocenters. The fourth-order valence-corrected chi connectivity index (χ4v) is 3.09. The smallest absolute Gasteiger partial charge is 0.218 e. The van der Waals surface area contributed by atoms with Crippen LogP contribution >= 0.6 is 23.2 Å². The predicted octanol–water partition coefficient (Wildman–Crippen LogP) is 2.41. The second kappa shape index (κ2) is 5.99. The molecule has 0 aromatic heterocycles. The molecule has 1 fully saturated rings. The summed E-state index contributed by atoms with van der Waals surface area (Å²) in [4.78, 5) is 11.0. The Hall–Kier alpha value is -0.970. The zero-order valence-electron chi connectivity index (χ0n) is 10.3. The average Bonchev–Trinajstić information content (AvgIpc) is 2.34. The monoisotopic (exact) mass is 302 g/mol. The van der Waals surface area contributed by atoms with Crippen molar-refractivity contribution in [2.75, 3.05) is 6.54 Å². The summed E-state index contributed by atoms with van der Waals surface area (Å²) in [5.41, 5.74) is 5.89. The summed E-state index contributed by atoms with van der Waals surface area (Å²) in [6.07, 6.45) is 1.83. The maximum absolute atomic E-state index is 11.0. The highest BCUT2D eigenvalue weighted by molar-refractivity contribution is 6.42. The van der Waals surface area contributed by atoms with E-state index >= 15 is 0 Å². The lowest BCUT2D eigenvalue weighted by molar-refractivity contribution is -0.118. The number of carbonyl (C=O) groups is 1. The van der Waals surface area contributed by atoms with E-state index in [-0.39, 0.29) is 30.0 Å². The molecule has 1 aliphatic heterocycles. The number of primary amides is 1. The lowest BCUT2D eigenvalue weighted by atomic mass is 9.85. The topological polar surface area (TPSA) is 75.4 Å². The fourth-order valence-electron chi connectivity index (χ4n) is 2.61. The van der Waals surface area contributed by atoms with Gasteiger partial charge in [-0.3, -0.25) is 4.79 Å². The normalized spacial score (nSPS) is 23.3. The number of carbonyl (C=O) groups excluding carboxylic acids is 1. The van der Waals surface area contributed by atoms with Crippen molar-refractivity contribution >= 4 is 29.1 Å². The second-order valence-corrected chi connectivity index (χ2v) is 5.62. The summed E-state index contributed by atoms with van der Waals surface area (Å²) in [5.74, 6) is -0.101. The van der Waals surface area contributed by atoms with Crippen molar-refractivity contribution in [3.8, 4) is 5.75 Å². The summed E-state index contributed by atoms with van der Waals surface area (Å²) in [7, 11) is 0. The van der Waals surface area contributed by atoms with Crippen LogP contribution in [0.15, 0.2) is 12.1 Å². The van der Waals surface area contributed by atoms with Crippen molar-refractivity contribution in [3.05, 3.63) is 27.7 Å². The lowest BCUT2D eigenvalue weighted by Gasteiger charge is -2.31. The van der Waals surface area contributed by atoms with Crippen molar-refractivity contribution < 1.29 is 9.90 Å². The Morgan fingerprint density at radius 3 is 2.89 bits per heavy atom. The number of piperidine rings is 1. The standard InChI is InChI=1S/C13H16Cl2N2O2/c14-9-1-2-10(18)12(13(9)15)7-3-4-17-8(5-7)6-11(16)19/h1-2,7-8,17-18H,3-6H2,(H2,16,19)/t7-,8+/m1/s1. The highest BCUT2D eigenvalue weighted by atomic mass is 35.5. The number of amides is 1. The molecule has 0 bridgehead atoms. The highest BCUT2D eigenvalue weighted by Crippen LogP contribution is 2.41. The number of phenols is 1. The van der Waals surface area contributed by atoms with Gasteiger partial charge in [0.25, 0.3) is 0 Å². The molecular formula is C13H16Cl2N2O2. The van der Waals surface area contributed by atoms with Crippen LogP contribution < -0.4 is 11.1 Å². The van der Waals surface area contributed by atoms with Crippen LogP contribution in [0.1, 0.15) is 30.7 Å². The molecule has 1 aromatic rings. The van der Waals surface area contributed by atoms with Gasteiger partial charge in [0.15, 0.2) is 0 Å². The Labute approximate surface area is 121 Å². The molecule has 104 valence electrons. The molecule has 1 heterocycles. The number of benzene rings is 1. The summed E-state index contributed by atoms with van der Waals surface area (Å²) in [6, 6.07) is 3.14. The molecule has 2 atom stereocenters. The molecule has 1 saturated heterocycles. The molecule has 4 N–H and O–H groups in total. The first-order chi connectivity index (χ1) is 8.99. The van der Waals surface area contributed by atoms with E-state index in [2.05, 4.69) is 5.32 Å². The van der Waals surface area contributed by atoms with Gasteiger partial charge in [-0.25, -0.2) is 0 Å². The second-order valence-electron chi connectivity index (χ2n) is 4.84. The third-order valence-corrected chi connectivity index (χ3v) is 4.28. The van der Waals surface area contributed by atoms with Gasteiger partial charge < -0.3 is 16.2 Å². The number of aromatic hydroxyl groups is 1. The molecule has 0 aliphatic carbocycles. The number of phenolic OH excluding ortho intramolecular Hbond substituents is 1. The van der Waals surface area contributed by atoms with E-state index in [0.29, 0.717) is 22.0 Å². The zero-order chi connectivity index (χ0) is 14.0. The third-order valence-electron chi connectivity index (χ3n) is 3.46. The van der Waals surface area contributed by atoms with E-state index in [1.54, 1.807) is 12.1 Å². The first-order valence-corrected chi connectivity index (χ1v) is 6.93. The largest absolute Gasteiger partial charge is 0.508 e. The molecule has 4 nitrogen and oxygen atoms in total. The number of nitrogens with two attached hydrogens (primary N) is 1. The molecule has 0 radical (unpaired) electrons. The number of hydrogen-bond acceptors (Lipinski definition) is 3. The van der Waals surface area contributed by atoms with Gasteiger partial charge in [-0.2, -0.15) is 0 Å². The first kappa shape index (κ1) is 14.4. The van der Waals surface area contributed by atoms with Crippen molar-refractivity contribution in [3.63, 3.8) is 0 Å². The number of hydrogen-bond donors (Lipinski definition) is 3. The Kier molecular flexibility index (Phi) is 4.55. The van der Waals surface area contributed by atoms with Crippen LogP contribution in [-0.4, -0.2) is 23.6 Å². The molecular weight excluding hydrogens is 287 g/mol. The predicted molar refractivity (Wildman–Crippen MR) is 75.7 cm³/mol. The van der Waals surface area contributed by atoms with Gasteiger partial charge in [0.05, 0.1) is 10.0 Å². The van der Waals surface area contributed by atoms with Crippen LogP contribution in [-0.2, 0) is 4.79 Å². The van der Waals surface area contributed by atoms with Crippen LogP contribution in [0, 0.1) is 0 Å². The minimum Gasteiger partial charge on any atom is -0.508 e. The van der Waals surface area contributed by atoms with Crippen molar-refractivity contribution in [1.82, 2.24) is 5.32 Å². The average molecular weight is 303 g/mol. The Bertz CT molecular complexity index is 494. The van der Waals surface area contributed by atoms with Gasteiger partial charge >= 0.3 is 0 Å². The quantitative estimate of drug-likeness (QED) is 0.802. The number of halogens is 2. The SMILES string of the molecule is NC(=O)C[C@@H]1C[C@H](c2c(O)ccc(Cl)c2Cl)CCN1. The first-order valence-electron chi connectivity index (χ1n) is 6.17. The summed E-state index contributed by atoms with van der Waals surface area (Å²) < 4.78 is 0. The van der Waals surface area contributed by atoms with E-state index < -0.39 is 0 Å². The van der Waals surface area contributed by atoms with Crippen LogP contribution in [0.4, 0.5) is 0 Å². The van der Waals surface area contributed by atoms with E-state index in [9.17, 15) is 9.90 Å². The maximum atomic E-state index is 11.0. The number of rotatable bonds is 3. The molecule has 1 aliphatic rings. The van der Waals surface area contributed by atoms with Crippen LogP contribution in [0.2, 0.25) is 10.0 Å².